The van der Waals surface area contributed by atoms with E-state index < -0.39 is 0 Å². The molecule has 0 unspecified atom stereocenters. The molecule has 1 amide bonds. The van der Waals surface area contributed by atoms with Gasteiger partial charge in [0.1, 0.15) is 4.88 Å². The molecule has 4 rings (SSSR count). The summed E-state index contributed by atoms with van der Waals surface area (Å²) in [4.78, 5) is 24.5. The molecule has 27 heavy (non-hydrogen) atoms. The molecule has 0 saturated carbocycles. The van der Waals surface area contributed by atoms with Crippen molar-refractivity contribution in [1.82, 2.24) is 14.9 Å². The van der Waals surface area contributed by atoms with E-state index in [1.807, 2.05) is 17.9 Å². The third-order valence-electron chi connectivity index (χ3n) is 5.20. The largest absolute Gasteiger partial charge is 0.338 e. The summed E-state index contributed by atoms with van der Waals surface area (Å²) >= 11 is 1.44. The number of pyridine rings is 1. The molecule has 1 aromatic carbocycles. The highest BCUT2D eigenvalue weighted by Gasteiger charge is 2.27. The summed E-state index contributed by atoms with van der Waals surface area (Å²) in [6.45, 7) is 3.47. The molecule has 1 saturated heterocycles. The third-order valence-corrected chi connectivity index (χ3v) is 6.11. The van der Waals surface area contributed by atoms with E-state index in [1.54, 1.807) is 5.51 Å². The van der Waals surface area contributed by atoms with Gasteiger partial charge in [0.15, 0.2) is 0 Å². The Bertz CT molecular complexity index is 914. The maximum absolute atomic E-state index is 12.7. The van der Waals surface area contributed by atoms with Crippen LogP contribution in [-0.2, 0) is 6.42 Å². The van der Waals surface area contributed by atoms with Crippen LogP contribution in [0.2, 0.25) is 0 Å². The Labute approximate surface area is 163 Å². The second-order valence-corrected chi connectivity index (χ2v) is 7.90. The predicted octanol–water partition coefficient (Wildman–Crippen LogP) is 4.46. The number of aryl methyl sites for hydroxylation is 1. The molecule has 0 spiro atoms. The fourth-order valence-corrected chi connectivity index (χ4v) is 4.43. The highest BCUT2D eigenvalue weighted by atomic mass is 32.1. The highest BCUT2D eigenvalue weighted by molar-refractivity contribution is 7.11. The lowest BCUT2D eigenvalue weighted by Gasteiger charge is -2.31. The average molecular weight is 378 g/mol. The minimum absolute atomic E-state index is 0.124. The number of thiazole rings is 1. The van der Waals surface area contributed by atoms with Crippen LogP contribution in [0.1, 0.15) is 51.1 Å². The SMILES string of the molecule is Cc1ncsc1C(=O)N1CCC(c2cccc(Cc3ccccc3)n2)CC1. The Hall–Kier alpha value is -2.53. The van der Waals surface area contributed by atoms with E-state index >= 15 is 0 Å². The Balaban J connectivity index is 1.40. The fraction of sp³-hybridized carbons (Fsp3) is 0.318. The average Bonchev–Trinajstić information content (AvgIpc) is 3.14. The van der Waals surface area contributed by atoms with Gasteiger partial charge in [-0.3, -0.25) is 9.78 Å². The minimum Gasteiger partial charge on any atom is -0.338 e. The second-order valence-electron chi connectivity index (χ2n) is 7.05. The zero-order chi connectivity index (χ0) is 18.6. The Morgan fingerprint density at radius 3 is 2.59 bits per heavy atom. The van der Waals surface area contributed by atoms with Gasteiger partial charge in [0.05, 0.1) is 11.2 Å². The van der Waals surface area contributed by atoms with Gasteiger partial charge in [0.2, 0.25) is 0 Å². The van der Waals surface area contributed by atoms with Crippen molar-refractivity contribution in [2.45, 2.75) is 32.1 Å². The number of carbonyl (C=O) groups is 1. The molecule has 0 N–H and O–H groups in total. The van der Waals surface area contributed by atoms with Gasteiger partial charge < -0.3 is 4.90 Å². The molecule has 5 heteroatoms. The van der Waals surface area contributed by atoms with Gasteiger partial charge in [0.25, 0.3) is 5.91 Å². The summed E-state index contributed by atoms with van der Waals surface area (Å²) < 4.78 is 0. The molecule has 2 aromatic heterocycles. The summed E-state index contributed by atoms with van der Waals surface area (Å²) in [6, 6.07) is 16.8. The standard InChI is InChI=1S/C22H23N3OS/c1-16-21(27-15-23-16)22(26)25-12-10-18(11-13-25)20-9-5-8-19(24-20)14-17-6-3-2-4-7-17/h2-9,15,18H,10-14H2,1H3. The second kappa shape index (κ2) is 8.01. The smallest absolute Gasteiger partial charge is 0.265 e. The quantitative estimate of drug-likeness (QED) is 0.674. The van der Waals surface area contributed by atoms with Crippen LogP contribution in [-0.4, -0.2) is 33.9 Å². The number of hydrogen-bond acceptors (Lipinski definition) is 4. The number of benzene rings is 1. The van der Waals surface area contributed by atoms with Crippen molar-refractivity contribution in [1.29, 1.82) is 0 Å². The molecule has 0 aliphatic carbocycles. The monoisotopic (exact) mass is 377 g/mol. The van der Waals surface area contributed by atoms with E-state index in [4.69, 9.17) is 4.98 Å². The molecular weight excluding hydrogens is 354 g/mol. The molecule has 4 nitrogen and oxygen atoms in total. The van der Waals surface area contributed by atoms with Crippen molar-refractivity contribution in [3.63, 3.8) is 0 Å². The molecule has 3 aromatic rings. The fourth-order valence-electron chi connectivity index (χ4n) is 3.66. The number of carbonyl (C=O) groups excluding carboxylic acids is 1. The van der Waals surface area contributed by atoms with Crippen molar-refractivity contribution in [2.24, 2.45) is 0 Å². The van der Waals surface area contributed by atoms with Gasteiger partial charge >= 0.3 is 0 Å². The van der Waals surface area contributed by atoms with Crippen LogP contribution in [0.15, 0.2) is 54.0 Å². The number of nitrogens with zero attached hydrogens (tertiary/aromatic N) is 3. The molecule has 0 bridgehead atoms. The zero-order valence-electron chi connectivity index (χ0n) is 15.5. The summed E-state index contributed by atoms with van der Waals surface area (Å²) in [7, 11) is 0. The molecule has 1 fully saturated rings. The maximum Gasteiger partial charge on any atom is 0.265 e. The first kappa shape index (κ1) is 17.9. The number of aromatic nitrogens is 2. The Morgan fingerprint density at radius 2 is 1.89 bits per heavy atom. The summed E-state index contributed by atoms with van der Waals surface area (Å²) in [6.07, 6.45) is 2.79. The molecule has 3 heterocycles. The van der Waals surface area contributed by atoms with E-state index in [-0.39, 0.29) is 5.91 Å². The lowest BCUT2D eigenvalue weighted by atomic mass is 9.92. The first-order valence-electron chi connectivity index (χ1n) is 9.40. The van der Waals surface area contributed by atoms with Crippen LogP contribution < -0.4 is 0 Å². The van der Waals surface area contributed by atoms with Gasteiger partial charge in [-0.15, -0.1) is 11.3 Å². The molecule has 1 aliphatic heterocycles. The number of hydrogen-bond donors (Lipinski definition) is 0. The maximum atomic E-state index is 12.7. The number of likely N-dealkylation sites (tertiary alicyclic amines) is 1. The molecule has 0 atom stereocenters. The van der Waals surface area contributed by atoms with Crippen molar-refractivity contribution in [3.8, 4) is 0 Å². The van der Waals surface area contributed by atoms with E-state index in [1.165, 1.54) is 16.9 Å². The molecule has 1 aliphatic rings. The minimum atomic E-state index is 0.124. The zero-order valence-corrected chi connectivity index (χ0v) is 16.3. The van der Waals surface area contributed by atoms with E-state index in [9.17, 15) is 4.79 Å². The van der Waals surface area contributed by atoms with Gasteiger partial charge in [-0.1, -0.05) is 36.4 Å². The topological polar surface area (TPSA) is 46.1 Å². The van der Waals surface area contributed by atoms with Crippen LogP contribution in [0, 0.1) is 6.92 Å². The molecule has 138 valence electrons. The van der Waals surface area contributed by atoms with Gasteiger partial charge in [-0.2, -0.15) is 0 Å². The van der Waals surface area contributed by atoms with Crippen LogP contribution in [0.3, 0.4) is 0 Å². The van der Waals surface area contributed by atoms with Crippen LogP contribution in [0.5, 0.6) is 0 Å². The normalized spacial score (nSPS) is 15.1. The molecular formula is C22H23N3OS. The Kier molecular flexibility index (Phi) is 5.30. The van der Waals surface area contributed by atoms with Crippen molar-refractivity contribution in [3.05, 3.63) is 81.6 Å². The number of rotatable bonds is 4. The van der Waals surface area contributed by atoms with Crippen molar-refractivity contribution in [2.75, 3.05) is 13.1 Å². The van der Waals surface area contributed by atoms with Gasteiger partial charge in [-0.05, 0) is 37.5 Å². The lowest BCUT2D eigenvalue weighted by Crippen LogP contribution is -2.38. The summed E-state index contributed by atoms with van der Waals surface area (Å²) in [5, 5.41) is 0. The molecule has 0 radical (unpaired) electrons. The summed E-state index contributed by atoms with van der Waals surface area (Å²) in [5.41, 5.74) is 6.13. The van der Waals surface area contributed by atoms with E-state index in [2.05, 4.69) is 47.4 Å². The van der Waals surface area contributed by atoms with Crippen LogP contribution in [0.25, 0.3) is 0 Å². The van der Waals surface area contributed by atoms with Gasteiger partial charge in [-0.25, -0.2) is 4.98 Å². The first-order chi connectivity index (χ1) is 13.2. The van der Waals surface area contributed by atoms with Crippen molar-refractivity contribution >= 4 is 17.2 Å². The first-order valence-corrected chi connectivity index (χ1v) is 10.3. The highest BCUT2D eigenvalue weighted by Crippen LogP contribution is 2.28. The predicted molar refractivity (Wildman–Crippen MR) is 108 cm³/mol. The van der Waals surface area contributed by atoms with Crippen LogP contribution in [0.4, 0.5) is 0 Å². The number of amides is 1. The Morgan fingerprint density at radius 1 is 1.11 bits per heavy atom. The van der Waals surface area contributed by atoms with E-state index in [0.29, 0.717) is 5.92 Å². The van der Waals surface area contributed by atoms with Crippen LogP contribution >= 0.6 is 11.3 Å². The number of piperidine rings is 1. The third kappa shape index (κ3) is 4.08. The summed E-state index contributed by atoms with van der Waals surface area (Å²) in [5.74, 6) is 0.548. The van der Waals surface area contributed by atoms with E-state index in [0.717, 1.165) is 54.3 Å². The van der Waals surface area contributed by atoms with Crippen molar-refractivity contribution < 1.29 is 4.79 Å². The lowest BCUT2D eigenvalue weighted by molar-refractivity contribution is 0.0716. The van der Waals surface area contributed by atoms with Gasteiger partial charge in [0, 0.05) is 36.8 Å².